The highest BCUT2D eigenvalue weighted by Crippen LogP contribution is 2.41. The number of carbonyl (C=O) groups excluding carboxylic acids is 2. The van der Waals surface area contributed by atoms with E-state index in [9.17, 15) is 14.7 Å². The molecule has 1 saturated heterocycles. The quantitative estimate of drug-likeness (QED) is 0.261. The van der Waals surface area contributed by atoms with E-state index in [-0.39, 0.29) is 11.3 Å². The Morgan fingerprint density at radius 2 is 1.75 bits per heavy atom. The number of carbonyl (C=O) groups is 2. The van der Waals surface area contributed by atoms with Crippen LogP contribution >= 0.6 is 0 Å². The molecule has 164 valence electrons. The lowest BCUT2D eigenvalue weighted by Gasteiger charge is -2.25. The summed E-state index contributed by atoms with van der Waals surface area (Å²) in [5.41, 5.74) is 1.30. The van der Waals surface area contributed by atoms with Gasteiger partial charge in [-0.3, -0.25) is 9.59 Å². The summed E-state index contributed by atoms with van der Waals surface area (Å²) in [7, 11) is 3.15. The third kappa shape index (κ3) is 3.85. The van der Waals surface area contributed by atoms with Crippen LogP contribution in [0.5, 0.6) is 5.75 Å². The van der Waals surface area contributed by atoms with E-state index in [1.807, 2.05) is 42.5 Å². The van der Waals surface area contributed by atoms with Crippen LogP contribution in [0, 0.1) is 0 Å². The second-order valence-electron chi connectivity index (χ2n) is 7.64. The fraction of sp³-hybridized carbons (Fsp3) is 0.231. The summed E-state index contributed by atoms with van der Waals surface area (Å²) < 4.78 is 10.5. The van der Waals surface area contributed by atoms with Gasteiger partial charge in [0.05, 0.1) is 18.7 Å². The van der Waals surface area contributed by atoms with Crippen molar-refractivity contribution in [2.24, 2.45) is 0 Å². The molecule has 0 saturated carbocycles. The van der Waals surface area contributed by atoms with E-state index < -0.39 is 17.7 Å². The average Bonchev–Trinajstić information content (AvgIpc) is 3.08. The van der Waals surface area contributed by atoms with Gasteiger partial charge in [-0.1, -0.05) is 54.6 Å². The molecule has 1 fully saturated rings. The Morgan fingerprint density at radius 1 is 1.00 bits per heavy atom. The molecule has 3 aromatic carbocycles. The van der Waals surface area contributed by atoms with Crippen molar-refractivity contribution in [3.63, 3.8) is 0 Å². The molecule has 0 radical (unpaired) electrons. The highest BCUT2D eigenvalue weighted by molar-refractivity contribution is 6.46. The van der Waals surface area contributed by atoms with E-state index in [0.717, 1.165) is 10.8 Å². The molecule has 1 N–H and O–H groups in total. The number of amides is 1. The number of fused-ring (bicyclic) bond motifs is 1. The van der Waals surface area contributed by atoms with Gasteiger partial charge in [0.2, 0.25) is 0 Å². The highest BCUT2D eigenvalue weighted by atomic mass is 16.5. The number of benzene rings is 3. The largest absolute Gasteiger partial charge is 0.507 e. The number of Topliss-reactive ketones (excluding diaryl/α,β-unsaturated/α-hetero) is 1. The third-order valence-electron chi connectivity index (χ3n) is 5.74. The minimum atomic E-state index is -0.721. The minimum absolute atomic E-state index is 0.0806. The Hall–Kier alpha value is -3.64. The first-order valence-electron chi connectivity index (χ1n) is 10.5. The lowest BCUT2D eigenvalue weighted by molar-refractivity contribution is -0.140. The molecular weight excluding hydrogens is 406 g/mol. The molecular formula is C26H25NO5. The van der Waals surface area contributed by atoms with Crippen molar-refractivity contribution in [3.8, 4) is 5.75 Å². The van der Waals surface area contributed by atoms with Crippen molar-refractivity contribution < 1.29 is 24.2 Å². The van der Waals surface area contributed by atoms with Gasteiger partial charge in [0.25, 0.3) is 11.7 Å². The van der Waals surface area contributed by atoms with Crippen LogP contribution < -0.4 is 4.74 Å². The number of ketones is 1. The molecule has 1 aliphatic rings. The van der Waals surface area contributed by atoms with E-state index in [1.165, 1.54) is 4.90 Å². The number of nitrogens with zero attached hydrogens (tertiary/aromatic N) is 1. The summed E-state index contributed by atoms with van der Waals surface area (Å²) in [6.45, 7) is 0.782. The van der Waals surface area contributed by atoms with Gasteiger partial charge >= 0.3 is 0 Å². The lowest BCUT2D eigenvalue weighted by atomic mass is 9.93. The number of aliphatic hydroxyl groups is 1. The van der Waals surface area contributed by atoms with E-state index >= 15 is 0 Å². The van der Waals surface area contributed by atoms with Crippen LogP contribution in [0.25, 0.3) is 16.5 Å². The molecule has 0 bridgehead atoms. The number of ether oxygens (including phenoxy) is 2. The molecule has 0 aliphatic carbocycles. The topological polar surface area (TPSA) is 76.1 Å². The Morgan fingerprint density at radius 3 is 2.53 bits per heavy atom. The van der Waals surface area contributed by atoms with Crippen LogP contribution in [-0.2, 0) is 14.3 Å². The molecule has 32 heavy (non-hydrogen) atoms. The Labute approximate surface area is 186 Å². The lowest BCUT2D eigenvalue weighted by Crippen LogP contribution is -2.31. The molecule has 0 aromatic heterocycles. The van der Waals surface area contributed by atoms with Crippen molar-refractivity contribution in [1.82, 2.24) is 4.90 Å². The third-order valence-corrected chi connectivity index (χ3v) is 5.74. The molecule has 0 spiro atoms. The fourth-order valence-electron chi connectivity index (χ4n) is 4.23. The maximum absolute atomic E-state index is 13.2. The zero-order valence-electron chi connectivity index (χ0n) is 18.1. The standard InChI is InChI=1S/C26H25NO5/c1-31-15-7-14-27-23(18-10-5-11-19(16-18)32-2)22(25(29)26(27)30)24(28)21-13-6-9-17-8-3-4-12-20(17)21/h3-6,8-13,16,23,28H,7,14-15H2,1-2H3/b24-22-. The molecule has 1 aliphatic heterocycles. The van der Waals surface area contributed by atoms with E-state index in [0.29, 0.717) is 36.4 Å². The maximum Gasteiger partial charge on any atom is 0.295 e. The SMILES string of the molecule is COCCCN1C(=O)C(=O)/C(=C(\O)c2cccc3ccccc23)C1c1cccc(OC)c1. The molecule has 4 rings (SSSR count). The predicted molar refractivity (Wildman–Crippen MR) is 122 cm³/mol. The van der Waals surface area contributed by atoms with Crippen molar-refractivity contribution in [2.75, 3.05) is 27.4 Å². The molecule has 6 heteroatoms. The normalized spacial score (nSPS) is 17.8. The van der Waals surface area contributed by atoms with Crippen molar-refractivity contribution in [2.45, 2.75) is 12.5 Å². The van der Waals surface area contributed by atoms with Crippen molar-refractivity contribution in [3.05, 3.63) is 83.4 Å². The van der Waals surface area contributed by atoms with Crippen molar-refractivity contribution in [1.29, 1.82) is 0 Å². The first-order chi connectivity index (χ1) is 15.6. The maximum atomic E-state index is 13.2. The summed E-state index contributed by atoms with van der Waals surface area (Å²) in [6, 6.07) is 19.6. The van der Waals surface area contributed by atoms with E-state index in [4.69, 9.17) is 9.47 Å². The van der Waals surface area contributed by atoms with Gasteiger partial charge in [0.1, 0.15) is 11.5 Å². The molecule has 1 amide bonds. The highest BCUT2D eigenvalue weighted by Gasteiger charge is 2.46. The first kappa shape index (κ1) is 21.6. The summed E-state index contributed by atoms with van der Waals surface area (Å²) in [4.78, 5) is 27.7. The predicted octanol–water partition coefficient (Wildman–Crippen LogP) is 4.31. The summed E-state index contributed by atoms with van der Waals surface area (Å²) in [5.74, 6) is -0.895. The van der Waals surface area contributed by atoms with Crippen molar-refractivity contribution >= 4 is 28.2 Å². The number of likely N-dealkylation sites (tertiary alicyclic amines) is 1. The van der Waals surface area contributed by atoms with E-state index in [1.54, 1.807) is 38.5 Å². The van der Waals surface area contributed by atoms with Crippen LogP contribution in [0.3, 0.4) is 0 Å². The van der Waals surface area contributed by atoms with E-state index in [2.05, 4.69) is 0 Å². The first-order valence-corrected chi connectivity index (χ1v) is 10.5. The summed E-state index contributed by atoms with van der Waals surface area (Å²) in [5, 5.41) is 13.1. The van der Waals surface area contributed by atoms with Crippen LogP contribution in [0.2, 0.25) is 0 Å². The number of aliphatic hydroxyl groups excluding tert-OH is 1. The zero-order valence-corrected chi connectivity index (χ0v) is 18.1. The van der Waals surface area contributed by atoms with Gasteiger partial charge in [-0.05, 0) is 34.9 Å². The molecule has 1 atom stereocenters. The molecule has 6 nitrogen and oxygen atoms in total. The number of methoxy groups -OCH3 is 2. The second-order valence-corrected chi connectivity index (χ2v) is 7.64. The Balaban J connectivity index is 1.90. The summed E-state index contributed by atoms with van der Waals surface area (Å²) in [6.07, 6.45) is 0.568. The molecule has 3 aromatic rings. The van der Waals surface area contributed by atoms with Gasteiger partial charge in [-0.25, -0.2) is 0 Å². The number of rotatable bonds is 7. The van der Waals surface area contributed by atoms with Crippen LogP contribution in [0.4, 0.5) is 0 Å². The zero-order chi connectivity index (χ0) is 22.7. The van der Waals surface area contributed by atoms with Crippen LogP contribution in [0.15, 0.2) is 72.3 Å². The molecule has 1 heterocycles. The monoisotopic (exact) mass is 431 g/mol. The molecule has 1 unspecified atom stereocenters. The van der Waals surface area contributed by atoms with Gasteiger partial charge in [-0.15, -0.1) is 0 Å². The number of hydrogen-bond donors (Lipinski definition) is 1. The smallest absolute Gasteiger partial charge is 0.295 e. The van der Waals surface area contributed by atoms with Gasteiger partial charge in [0, 0.05) is 25.8 Å². The second kappa shape index (κ2) is 9.24. The van der Waals surface area contributed by atoms with Gasteiger partial charge in [0.15, 0.2) is 0 Å². The Bertz CT molecular complexity index is 1190. The summed E-state index contributed by atoms with van der Waals surface area (Å²) >= 11 is 0. The van der Waals surface area contributed by atoms with Crippen LogP contribution in [0.1, 0.15) is 23.6 Å². The fourth-order valence-corrected chi connectivity index (χ4v) is 4.23. The Kier molecular flexibility index (Phi) is 6.23. The minimum Gasteiger partial charge on any atom is -0.507 e. The van der Waals surface area contributed by atoms with Crippen LogP contribution in [-0.4, -0.2) is 49.1 Å². The average molecular weight is 431 g/mol. The number of hydrogen-bond acceptors (Lipinski definition) is 5. The van der Waals surface area contributed by atoms with Gasteiger partial charge in [-0.2, -0.15) is 0 Å². The van der Waals surface area contributed by atoms with Gasteiger partial charge < -0.3 is 19.5 Å².